The van der Waals surface area contributed by atoms with Crippen molar-refractivity contribution in [2.75, 3.05) is 0 Å². The molecule has 5 heteroatoms. The first kappa shape index (κ1) is 14.0. The Morgan fingerprint density at radius 2 is 2.00 bits per heavy atom. The fraction of sp³-hybridized carbons (Fsp3) is 0.125. The molecule has 0 saturated carbocycles. The summed E-state index contributed by atoms with van der Waals surface area (Å²) in [6.45, 7) is 1.88. The van der Waals surface area contributed by atoms with E-state index in [-0.39, 0.29) is 11.8 Å². The lowest BCUT2D eigenvalue weighted by Crippen LogP contribution is -2.16. The van der Waals surface area contributed by atoms with Gasteiger partial charge in [0.05, 0.1) is 15.3 Å². The van der Waals surface area contributed by atoms with Crippen molar-refractivity contribution in [2.24, 2.45) is 0 Å². The van der Waals surface area contributed by atoms with E-state index in [1.165, 1.54) is 11.3 Å². The Hall–Kier alpha value is -1.91. The normalized spacial score (nSPS) is 12.3. The number of carbonyl (C=O) groups is 1. The second-order valence-corrected chi connectivity index (χ2v) is 6.38. The molecule has 2 heterocycles. The number of rotatable bonds is 4. The second-order valence-electron chi connectivity index (χ2n) is 4.67. The Bertz CT molecular complexity index is 763. The Labute approximate surface area is 131 Å². The fourth-order valence-electron chi connectivity index (χ4n) is 2.22. The standard InChI is InChI=1S/C16H13ClN2OS/c1-11(15(20)13-7-8-14(17)21-13)19-10-9-18-16(19)12-5-3-2-4-6-12/h2-11H,1H3. The number of nitrogens with zero attached hydrogens (tertiary/aromatic N) is 2. The average molecular weight is 317 g/mol. The molecule has 0 amide bonds. The van der Waals surface area contributed by atoms with Crippen LogP contribution >= 0.6 is 22.9 Å². The molecule has 0 radical (unpaired) electrons. The number of hydrogen-bond acceptors (Lipinski definition) is 3. The minimum absolute atomic E-state index is 0.0436. The Balaban J connectivity index is 1.94. The van der Waals surface area contributed by atoms with Crippen molar-refractivity contribution in [1.82, 2.24) is 9.55 Å². The summed E-state index contributed by atoms with van der Waals surface area (Å²) in [6.07, 6.45) is 3.55. The van der Waals surface area contributed by atoms with Gasteiger partial charge in [0.1, 0.15) is 5.82 Å². The molecule has 1 unspecified atom stereocenters. The molecule has 0 spiro atoms. The summed E-state index contributed by atoms with van der Waals surface area (Å²) >= 11 is 7.21. The Morgan fingerprint density at radius 3 is 2.67 bits per heavy atom. The van der Waals surface area contributed by atoms with Gasteiger partial charge in [0.2, 0.25) is 0 Å². The first-order valence-corrected chi connectivity index (χ1v) is 7.74. The summed E-state index contributed by atoms with van der Waals surface area (Å²) in [5, 5.41) is 0. The first-order valence-electron chi connectivity index (χ1n) is 6.54. The van der Waals surface area contributed by atoms with Crippen LogP contribution in [-0.2, 0) is 0 Å². The van der Waals surface area contributed by atoms with Crippen molar-refractivity contribution in [3.8, 4) is 11.4 Å². The average Bonchev–Trinajstić information content (AvgIpc) is 3.15. The van der Waals surface area contributed by atoms with Crippen LogP contribution in [0.15, 0.2) is 54.9 Å². The minimum Gasteiger partial charge on any atom is -0.320 e. The summed E-state index contributed by atoms with van der Waals surface area (Å²) < 4.78 is 2.52. The minimum atomic E-state index is -0.322. The molecule has 0 N–H and O–H groups in total. The van der Waals surface area contributed by atoms with Gasteiger partial charge in [-0.05, 0) is 19.1 Å². The van der Waals surface area contributed by atoms with E-state index in [1.54, 1.807) is 18.3 Å². The Kier molecular flexibility index (Phi) is 3.90. The van der Waals surface area contributed by atoms with Gasteiger partial charge in [0.15, 0.2) is 5.78 Å². The molecule has 3 aromatic rings. The quantitative estimate of drug-likeness (QED) is 0.653. The fourth-order valence-corrected chi connectivity index (χ4v) is 3.28. The summed E-state index contributed by atoms with van der Waals surface area (Å²) in [7, 11) is 0. The lowest BCUT2D eigenvalue weighted by atomic mass is 10.1. The molecular formula is C16H13ClN2OS. The van der Waals surface area contributed by atoms with Crippen LogP contribution in [0, 0.1) is 0 Å². The van der Waals surface area contributed by atoms with Gasteiger partial charge >= 0.3 is 0 Å². The molecule has 106 valence electrons. The molecule has 0 bridgehead atoms. The number of carbonyl (C=O) groups excluding carboxylic acids is 1. The van der Waals surface area contributed by atoms with E-state index in [4.69, 9.17) is 11.6 Å². The van der Waals surface area contributed by atoms with Crippen molar-refractivity contribution in [3.63, 3.8) is 0 Å². The van der Waals surface area contributed by atoms with Gasteiger partial charge in [0, 0.05) is 18.0 Å². The van der Waals surface area contributed by atoms with Crippen LogP contribution in [0.1, 0.15) is 22.6 Å². The van der Waals surface area contributed by atoms with E-state index in [2.05, 4.69) is 4.98 Å². The maximum absolute atomic E-state index is 12.5. The Morgan fingerprint density at radius 1 is 1.24 bits per heavy atom. The van der Waals surface area contributed by atoms with E-state index < -0.39 is 0 Å². The van der Waals surface area contributed by atoms with Gasteiger partial charge in [0.25, 0.3) is 0 Å². The number of ketones is 1. The number of Topliss-reactive ketones (excluding diaryl/α,β-unsaturated/α-hetero) is 1. The zero-order valence-corrected chi connectivity index (χ0v) is 12.9. The van der Waals surface area contributed by atoms with Crippen molar-refractivity contribution < 1.29 is 4.79 Å². The van der Waals surface area contributed by atoms with Crippen LogP contribution in [0.4, 0.5) is 0 Å². The van der Waals surface area contributed by atoms with E-state index >= 15 is 0 Å². The van der Waals surface area contributed by atoms with E-state index in [9.17, 15) is 4.79 Å². The SMILES string of the molecule is CC(C(=O)c1ccc(Cl)s1)n1ccnc1-c1ccccc1. The first-order chi connectivity index (χ1) is 10.2. The van der Waals surface area contributed by atoms with Crippen LogP contribution in [-0.4, -0.2) is 15.3 Å². The van der Waals surface area contributed by atoms with Crippen LogP contribution in [0.3, 0.4) is 0 Å². The van der Waals surface area contributed by atoms with Crippen LogP contribution < -0.4 is 0 Å². The van der Waals surface area contributed by atoms with Gasteiger partial charge < -0.3 is 4.57 Å². The number of benzene rings is 1. The predicted octanol–water partition coefficient (Wildman–Crippen LogP) is 4.71. The van der Waals surface area contributed by atoms with Crippen LogP contribution in [0.2, 0.25) is 4.34 Å². The maximum Gasteiger partial charge on any atom is 0.195 e. The summed E-state index contributed by atoms with van der Waals surface area (Å²) in [4.78, 5) is 17.6. The van der Waals surface area contributed by atoms with Crippen molar-refractivity contribution >= 4 is 28.7 Å². The molecule has 2 aromatic heterocycles. The smallest absolute Gasteiger partial charge is 0.195 e. The van der Waals surface area contributed by atoms with E-state index in [1.807, 2.05) is 48.0 Å². The number of aromatic nitrogens is 2. The van der Waals surface area contributed by atoms with Gasteiger partial charge in [-0.1, -0.05) is 41.9 Å². The zero-order chi connectivity index (χ0) is 14.8. The molecule has 1 atom stereocenters. The van der Waals surface area contributed by atoms with Crippen LogP contribution in [0.25, 0.3) is 11.4 Å². The summed E-state index contributed by atoms with van der Waals surface area (Å²) in [6, 6.07) is 13.0. The maximum atomic E-state index is 12.5. The zero-order valence-electron chi connectivity index (χ0n) is 11.4. The largest absolute Gasteiger partial charge is 0.320 e. The molecule has 1 aromatic carbocycles. The second kappa shape index (κ2) is 5.84. The highest BCUT2D eigenvalue weighted by Crippen LogP contribution is 2.27. The third kappa shape index (κ3) is 2.77. The highest BCUT2D eigenvalue weighted by atomic mass is 35.5. The van der Waals surface area contributed by atoms with E-state index in [0.717, 1.165) is 11.4 Å². The molecule has 3 nitrogen and oxygen atoms in total. The molecule has 3 rings (SSSR count). The van der Waals surface area contributed by atoms with Gasteiger partial charge in [-0.3, -0.25) is 4.79 Å². The third-order valence-corrected chi connectivity index (χ3v) is 4.56. The third-order valence-electron chi connectivity index (χ3n) is 3.31. The molecule has 0 fully saturated rings. The molecule has 0 aliphatic carbocycles. The lowest BCUT2D eigenvalue weighted by Gasteiger charge is -2.14. The van der Waals surface area contributed by atoms with Crippen molar-refractivity contribution in [2.45, 2.75) is 13.0 Å². The van der Waals surface area contributed by atoms with Gasteiger partial charge in [-0.25, -0.2) is 4.98 Å². The number of imidazole rings is 1. The van der Waals surface area contributed by atoms with Crippen molar-refractivity contribution in [1.29, 1.82) is 0 Å². The monoisotopic (exact) mass is 316 g/mol. The molecule has 0 aliphatic heterocycles. The summed E-state index contributed by atoms with van der Waals surface area (Å²) in [5.74, 6) is 0.834. The topological polar surface area (TPSA) is 34.9 Å². The molecule has 21 heavy (non-hydrogen) atoms. The molecular weight excluding hydrogens is 304 g/mol. The van der Waals surface area contributed by atoms with Gasteiger partial charge in [-0.2, -0.15) is 0 Å². The highest BCUT2D eigenvalue weighted by Gasteiger charge is 2.21. The number of hydrogen-bond donors (Lipinski definition) is 0. The predicted molar refractivity (Wildman–Crippen MR) is 86.0 cm³/mol. The summed E-state index contributed by atoms with van der Waals surface area (Å²) in [5.41, 5.74) is 0.992. The van der Waals surface area contributed by atoms with E-state index in [0.29, 0.717) is 9.21 Å². The van der Waals surface area contributed by atoms with Gasteiger partial charge in [-0.15, -0.1) is 11.3 Å². The highest BCUT2D eigenvalue weighted by molar-refractivity contribution is 7.18. The molecule has 0 saturated heterocycles. The number of halogens is 1. The lowest BCUT2D eigenvalue weighted by molar-refractivity contribution is 0.0940. The van der Waals surface area contributed by atoms with Crippen molar-refractivity contribution in [3.05, 3.63) is 64.1 Å². The van der Waals surface area contributed by atoms with Crippen LogP contribution in [0.5, 0.6) is 0 Å². The molecule has 0 aliphatic rings. The number of thiophene rings is 1.